The Labute approximate surface area is 205 Å². The molecule has 0 saturated heterocycles. The van der Waals surface area contributed by atoms with Crippen LogP contribution >= 0.6 is 27.5 Å². The molecule has 0 radical (unpaired) electrons. The second-order valence-corrected chi connectivity index (χ2v) is 7.94. The van der Waals surface area contributed by atoms with Crippen LogP contribution in [0.4, 0.5) is 0 Å². The summed E-state index contributed by atoms with van der Waals surface area (Å²) in [6.45, 7) is 0.280. The van der Waals surface area contributed by atoms with Gasteiger partial charge in [-0.1, -0.05) is 29.8 Å². The fourth-order valence-electron chi connectivity index (χ4n) is 2.93. The van der Waals surface area contributed by atoms with Crippen LogP contribution in [-0.4, -0.2) is 33.5 Å². The van der Waals surface area contributed by atoms with Gasteiger partial charge < -0.3 is 18.9 Å². The molecule has 7 nitrogen and oxygen atoms in total. The van der Waals surface area contributed by atoms with E-state index in [1.807, 2.05) is 24.3 Å². The molecule has 0 heterocycles. The summed E-state index contributed by atoms with van der Waals surface area (Å²) in [4.78, 5) is 12.5. The number of rotatable bonds is 9. The molecular formula is C24H22BrClN2O5. The second-order valence-electron chi connectivity index (χ2n) is 6.68. The predicted molar refractivity (Wildman–Crippen MR) is 131 cm³/mol. The maximum atomic E-state index is 12.5. The lowest BCUT2D eigenvalue weighted by Crippen LogP contribution is -2.18. The molecule has 9 heteroatoms. The topological polar surface area (TPSA) is 78.4 Å². The fraction of sp³-hybridized carbons (Fsp3) is 0.167. The van der Waals surface area contributed by atoms with Crippen LogP contribution in [0, 0.1) is 0 Å². The summed E-state index contributed by atoms with van der Waals surface area (Å²) in [5.41, 5.74) is 4.37. The van der Waals surface area contributed by atoms with E-state index < -0.39 is 5.91 Å². The molecule has 0 atom stereocenters. The Morgan fingerprint density at radius 3 is 2.48 bits per heavy atom. The standard InChI is InChI=1S/C24H22BrClN2O5/c1-30-17-8-9-18(21(12-17)31-2)24(29)28-27-13-15-10-19(25)23(22(11-15)32-3)33-14-16-6-4-5-7-20(16)26/h4-13H,14H2,1-3H3,(H,28,29)/b27-13-. The SMILES string of the molecule is COc1ccc(C(=O)N/N=C\c2cc(Br)c(OCc3ccccc3Cl)c(OC)c2)c(OC)c1. The van der Waals surface area contributed by atoms with Crippen molar-refractivity contribution in [1.82, 2.24) is 5.43 Å². The number of nitrogens with one attached hydrogen (secondary N) is 1. The molecule has 0 saturated carbocycles. The van der Waals surface area contributed by atoms with Gasteiger partial charge in [0.25, 0.3) is 5.91 Å². The van der Waals surface area contributed by atoms with E-state index in [4.69, 9.17) is 30.5 Å². The van der Waals surface area contributed by atoms with Crippen molar-refractivity contribution in [2.24, 2.45) is 5.10 Å². The number of hydrogen-bond donors (Lipinski definition) is 1. The van der Waals surface area contributed by atoms with Gasteiger partial charge in [0.1, 0.15) is 18.1 Å². The van der Waals surface area contributed by atoms with Gasteiger partial charge in [-0.15, -0.1) is 0 Å². The summed E-state index contributed by atoms with van der Waals surface area (Å²) < 4.78 is 22.5. The van der Waals surface area contributed by atoms with Crippen LogP contribution in [0.2, 0.25) is 5.02 Å². The minimum absolute atomic E-state index is 0.280. The summed E-state index contributed by atoms with van der Waals surface area (Å²) in [7, 11) is 4.56. The Morgan fingerprint density at radius 2 is 1.79 bits per heavy atom. The van der Waals surface area contributed by atoms with E-state index >= 15 is 0 Å². The van der Waals surface area contributed by atoms with E-state index in [2.05, 4.69) is 26.5 Å². The molecule has 0 aliphatic heterocycles. The first kappa shape index (κ1) is 24.4. The lowest BCUT2D eigenvalue weighted by atomic mass is 10.2. The van der Waals surface area contributed by atoms with E-state index in [9.17, 15) is 4.79 Å². The zero-order valence-electron chi connectivity index (χ0n) is 18.2. The first-order valence-corrected chi connectivity index (χ1v) is 10.9. The summed E-state index contributed by atoms with van der Waals surface area (Å²) in [6, 6.07) is 15.9. The number of benzene rings is 3. The fourth-order valence-corrected chi connectivity index (χ4v) is 3.70. The number of methoxy groups -OCH3 is 3. The van der Waals surface area contributed by atoms with Crippen molar-refractivity contribution in [2.45, 2.75) is 6.61 Å². The van der Waals surface area contributed by atoms with Gasteiger partial charge in [-0.3, -0.25) is 4.79 Å². The molecule has 0 aliphatic carbocycles. The number of hydrazone groups is 1. The molecule has 3 aromatic carbocycles. The lowest BCUT2D eigenvalue weighted by Gasteiger charge is -2.14. The van der Waals surface area contributed by atoms with Crippen LogP contribution in [-0.2, 0) is 6.61 Å². The van der Waals surface area contributed by atoms with Crippen LogP contribution in [0.15, 0.2) is 64.2 Å². The number of amides is 1. The van der Waals surface area contributed by atoms with Crippen LogP contribution in [0.5, 0.6) is 23.0 Å². The average molecular weight is 534 g/mol. The summed E-state index contributed by atoms with van der Waals surface area (Å²) in [5.74, 6) is 1.58. The third-order valence-corrected chi connectivity index (χ3v) is 5.57. The highest BCUT2D eigenvalue weighted by atomic mass is 79.9. The third kappa shape index (κ3) is 6.18. The zero-order valence-corrected chi connectivity index (χ0v) is 20.6. The summed E-state index contributed by atoms with van der Waals surface area (Å²) in [5, 5.41) is 4.67. The van der Waals surface area contributed by atoms with Gasteiger partial charge in [-0.2, -0.15) is 5.10 Å². The van der Waals surface area contributed by atoms with Gasteiger partial charge in [0.05, 0.1) is 37.6 Å². The first-order chi connectivity index (χ1) is 16.0. The lowest BCUT2D eigenvalue weighted by molar-refractivity contribution is 0.0952. The summed E-state index contributed by atoms with van der Waals surface area (Å²) >= 11 is 9.71. The molecule has 1 amide bonds. The van der Waals surface area contributed by atoms with Gasteiger partial charge in [-0.05, 0) is 51.8 Å². The third-order valence-electron chi connectivity index (χ3n) is 4.61. The molecule has 0 aromatic heterocycles. The Balaban J connectivity index is 1.72. The minimum atomic E-state index is -0.420. The number of hydrogen-bond acceptors (Lipinski definition) is 6. The molecule has 0 fully saturated rings. The molecule has 3 aromatic rings. The molecule has 172 valence electrons. The molecule has 0 bridgehead atoms. The van der Waals surface area contributed by atoms with E-state index in [0.29, 0.717) is 43.6 Å². The number of halogens is 2. The number of carbonyl (C=O) groups is 1. The van der Waals surface area contributed by atoms with Crippen molar-refractivity contribution in [3.8, 4) is 23.0 Å². The Morgan fingerprint density at radius 1 is 1.03 bits per heavy atom. The predicted octanol–water partition coefficient (Wildman–Crippen LogP) is 5.47. The van der Waals surface area contributed by atoms with Crippen molar-refractivity contribution in [3.63, 3.8) is 0 Å². The molecule has 33 heavy (non-hydrogen) atoms. The van der Waals surface area contributed by atoms with Crippen molar-refractivity contribution in [1.29, 1.82) is 0 Å². The number of ether oxygens (including phenoxy) is 4. The first-order valence-electron chi connectivity index (χ1n) is 9.76. The van der Waals surface area contributed by atoms with Crippen molar-refractivity contribution in [2.75, 3.05) is 21.3 Å². The van der Waals surface area contributed by atoms with E-state index in [-0.39, 0.29) is 6.61 Å². The van der Waals surface area contributed by atoms with Crippen LogP contribution in [0.3, 0.4) is 0 Å². The number of nitrogens with zero attached hydrogens (tertiary/aromatic N) is 1. The van der Waals surface area contributed by atoms with Crippen molar-refractivity contribution in [3.05, 3.63) is 80.8 Å². The molecule has 0 aliphatic rings. The maximum absolute atomic E-state index is 12.5. The molecular weight excluding hydrogens is 512 g/mol. The monoisotopic (exact) mass is 532 g/mol. The molecule has 0 unspecified atom stereocenters. The van der Waals surface area contributed by atoms with Crippen LogP contribution in [0.25, 0.3) is 0 Å². The second kappa shape index (κ2) is 11.6. The molecule has 0 spiro atoms. The summed E-state index contributed by atoms with van der Waals surface area (Å²) in [6.07, 6.45) is 1.50. The highest BCUT2D eigenvalue weighted by Crippen LogP contribution is 2.37. The van der Waals surface area contributed by atoms with Gasteiger partial charge in [0, 0.05) is 16.7 Å². The quantitative estimate of drug-likeness (QED) is 0.291. The number of carbonyl (C=O) groups excluding carboxylic acids is 1. The highest BCUT2D eigenvalue weighted by Gasteiger charge is 2.14. The zero-order chi connectivity index (χ0) is 23.8. The van der Waals surface area contributed by atoms with E-state index in [0.717, 1.165) is 5.56 Å². The smallest absolute Gasteiger partial charge is 0.275 e. The largest absolute Gasteiger partial charge is 0.497 e. The molecule has 3 rings (SSSR count). The van der Waals surface area contributed by atoms with Gasteiger partial charge in [0.15, 0.2) is 11.5 Å². The average Bonchev–Trinajstić information content (AvgIpc) is 2.83. The Kier molecular flexibility index (Phi) is 8.57. The van der Waals surface area contributed by atoms with Gasteiger partial charge >= 0.3 is 0 Å². The normalized spacial score (nSPS) is 10.7. The van der Waals surface area contributed by atoms with E-state index in [1.54, 1.807) is 44.6 Å². The highest BCUT2D eigenvalue weighted by molar-refractivity contribution is 9.10. The Hall–Kier alpha value is -3.23. The van der Waals surface area contributed by atoms with Gasteiger partial charge in [-0.25, -0.2) is 5.43 Å². The minimum Gasteiger partial charge on any atom is -0.497 e. The Bertz CT molecular complexity index is 1170. The maximum Gasteiger partial charge on any atom is 0.275 e. The van der Waals surface area contributed by atoms with Crippen molar-refractivity contribution < 1.29 is 23.7 Å². The van der Waals surface area contributed by atoms with Crippen LogP contribution in [0.1, 0.15) is 21.5 Å². The van der Waals surface area contributed by atoms with Crippen molar-refractivity contribution >= 4 is 39.7 Å². The van der Waals surface area contributed by atoms with Crippen LogP contribution < -0.4 is 24.4 Å². The van der Waals surface area contributed by atoms with Gasteiger partial charge in [0.2, 0.25) is 0 Å². The van der Waals surface area contributed by atoms with E-state index in [1.165, 1.54) is 13.3 Å². The molecule has 1 N–H and O–H groups in total.